The number of sulfonamides is 1. The number of amides is 1. The molecule has 2 aromatic rings. The molecule has 0 bridgehead atoms. The highest BCUT2D eigenvalue weighted by molar-refractivity contribution is 7.90. The summed E-state index contributed by atoms with van der Waals surface area (Å²) in [5, 5.41) is -0.252. The fraction of sp³-hybridized carbons (Fsp3) is 0.522. The average molecular weight is 459 g/mol. The molecule has 1 aliphatic heterocycles. The Bertz CT molecular complexity index is 1100. The highest BCUT2D eigenvalue weighted by Crippen LogP contribution is 2.37. The summed E-state index contributed by atoms with van der Waals surface area (Å²) in [5.74, 6) is 0.935. The number of aromatic nitrogens is 2. The van der Waals surface area contributed by atoms with Gasteiger partial charge in [-0.25, -0.2) is 9.71 Å². The highest BCUT2D eigenvalue weighted by atomic mass is 32.2. The average Bonchev–Trinajstić information content (AvgIpc) is 2.98. The van der Waals surface area contributed by atoms with Gasteiger partial charge in [0.1, 0.15) is 5.82 Å². The Labute approximate surface area is 189 Å². The van der Waals surface area contributed by atoms with Gasteiger partial charge in [0.05, 0.1) is 12.2 Å². The van der Waals surface area contributed by atoms with Crippen LogP contribution in [-0.4, -0.2) is 43.0 Å². The van der Waals surface area contributed by atoms with Gasteiger partial charge in [-0.3, -0.25) is 4.79 Å². The van der Waals surface area contributed by atoms with Gasteiger partial charge in [0.25, 0.3) is 15.9 Å². The van der Waals surface area contributed by atoms with Gasteiger partial charge in [0.15, 0.2) is 5.03 Å². The predicted octanol–water partition coefficient (Wildman–Crippen LogP) is 3.40. The molecular formula is C23H30N4O4S. The first-order valence-corrected chi connectivity index (χ1v) is 12.5. The molecule has 1 unspecified atom stereocenters. The Hall–Kier alpha value is -2.68. The molecule has 1 amide bonds. The van der Waals surface area contributed by atoms with Crippen molar-refractivity contribution >= 4 is 21.7 Å². The predicted molar refractivity (Wildman–Crippen MR) is 121 cm³/mol. The number of rotatable bonds is 7. The second kappa shape index (κ2) is 8.69. The van der Waals surface area contributed by atoms with Crippen LogP contribution >= 0.6 is 0 Å². The number of nitrogens with zero attached hydrogens (tertiary/aromatic N) is 3. The molecule has 2 fully saturated rings. The largest absolute Gasteiger partial charge is 0.477 e. The van der Waals surface area contributed by atoms with E-state index in [1.807, 2.05) is 0 Å². The van der Waals surface area contributed by atoms with Gasteiger partial charge in [0, 0.05) is 24.3 Å². The van der Waals surface area contributed by atoms with Gasteiger partial charge in [-0.1, -0.05) is 19.4 Å². The van der Waals surface area contributed by atoms with Gasteiger partial charge in [-0.15, -0.1) is 0 Å². The fourth-order valence-electron chi connectivity index (χ4n) is 4.47. The van der Waals surface area contributed by atoms with E-state index in [4.69, 9.17) is 4.74 Å². The molecule has 1 aliphatic carbocycles. The molecule has 0 radical (unpaired) electrons. The van der Waals surface area contributed by atoms with Crippen molar-refractivity contribution < 1.29 is 17.9 Å². The zero-order chi connectivity index (χ0) is 22.9. The summed E-state index contributed by atoms with van der Waals surface area (Å²) in [5.41, 5.74) is 0.0330. The van der Waals surface area contributed by atoms with E-state index in [9.17, 15) is 13.2 Å². The summed E-state index contributed by atoms with van der Waals surface area (Å²) in [4.78, 5) is 23.6. The Morgan fingerprint density at radius 2 is 2.03 bits per heavy atom. The maximum absolute atomic E-state index is 13.0. The Kier molecular flexibility index (Phi) is 6.11. The Morgan fingerprint density at radius 1 is 1.25 bits per heavy atom. The topological polar surface area (TPSA) is 101 Å². The second-order valence-electron chi connectivity index (χ2n) is 9.46. The Balaban J connectivity index is 1.53. The van der Waals surface area contributed by atoms with Crippen LogP contribution in [0, 0.1) is 11.8 Å². The number of carbonyl (C=O) groups excluding carboxylic acids is 1. The molecule has 1 N–H and O–H groups in total. The minimum atomic E-state index is -4.18. The lowest BCUT2D eigenvalue weighted by atomic mass is 9.86. The van der Waals surface area contributed by atoms with Crippen LogP contribution in [0.2, 0.25) is 0 Å². The third kappa shape index (κ3) is 4.72. The van der Waals surface area contributed by atoms with Gasteiger partial charge < -0.3 is 9.64 Å². The first kappa shape index (κ1) is 22.5. The van der Waals surface area contributed by atoms with Crippen molar-refractivity contribution in [2.24, 2.45) is 11.8 Å². The maximum atomic E-state index is 13.0. The van der Waals surface area contributed by atoms with Gasteiger partial charge in [-0.2, -0.15) is 13.4 Å². The molecule has 1 saturated carbocycles. The van der Waals surface area contributed by atoms with Crippen molar-refractivity contribution in [2.45, 2.75) is 57.0 Å². The van der Waals surface area contributed by atoms with Crippen LogP contribution < -0.4 is 14.4 Å². The third-order valence-electron chi connectivity index (χ3n) is 6.25. The third-order valence-corrected chi connectivity index (χ3v) is 7.48. The van der Waals surface area contributed by atoms with E-state index in [1.165, 1.54) is 12.5 Å². The first-order chi connectivity index (χ1) is 15.2. The monoisotopic (exact) mass is 458 g/mol. The second-order valence-corrected chi connectivity index (χ2v) is 11.1. The first-order valence-electron chi connectivity index (χ1n) is 11.1. The molecule has 0 spiro atoms. The van der Waals surface area contributed by atoms with E-state index < -0.39 is 15.9 Å². The van der Waals surface area contributed by atoms with Crippen LogP contribution in [0.1, 0.15) is 56.8 Å². The maximum Gasteiger partial charge on any atom is 0.281 e. The van der Waals surface area contributed by atoms with Crippen molar-refractivity contribution in [3.05, 3.63) is 42.1 Å². The van der Waals surface area contributed by atoms with Crippen LogP contribution in [0.3, 0.4) is 0 Å². The lowest BCUT2D eigenvalue weighted by molar-refractivity contribution is 0.0981. The summed E-state index contributed by atoms with van der Waals surface area (Å²) in [6.07, 6.45) is 6.01. The van der Waals surface area contributed by atoms with Crippen molar-refractivity contribution in [1.29, 1.82) is 0 Å². The molecule has 8 nitrogen and oxygen atoms in total. The van der Waals surface area contributed by atoms with Crippen LogP contribution in [0.5, 0.6) is 5.88 Å². The normalized spacial score (nSPS) is 20.6. The van der Waals surface area contributed by atoms with E-state index in [-0.39, 0.29) is 22.0 Å². The lowest BCUT2D eigenvalue weighted by Crippen LogP contribution is -2.41. The summed E-state index contributed by atoms with van der Waals surface area (Å²) in [6, 6.07) is 7.75. The van der Waals surface area contributed by atoms with E-state index in [2.05, 4.69) is 40.4 Å². The molecule has 2 aliphatic rings. The molecule has 2 aromatic heterocycles. The molecule has 4 rings (SSSR count). The molecular weight excluding hydrogens is 428 g/mol. The van der Waals surface area contributed by atoms with Crippen LogP contribution in [-0.2, 0) is 10.0 Å². The van der Waals surface area contributed by atoms with Gasteiger partial charge in [-0.05, 0) is 63.1 Å². The van der Waals surface area contributed by atoms with E-state index in [0.717, 1.165) is 25.8 Å². The minimum Gasteiger partial charge on any atom is -0.477 e. The van der Waals surface area contributed by atoms with Gasteiger partial charge in [0.2, 0.25) is 5.88 Å². The standard InChI is InChI=1S/C23H30N4O4S/c1-16-13-23(2,3)27(14-16)21-18(9-6-12-24-21)22(28)26-32(29,30)20-11-5-10-19(25-20)31-15-17-7-4-8-17/h5-6,9-12,16-17H,4,7-8,13-15H2,1-3H3,(H,26,28). The van der Waals surface area contributed by atoms with Crippen molar-refractivity contribution in [3.63, 3.8) is 0 Å². The summed E-state index contributed by atoms with van der Waals surface area (Å²) in [6.45, 7) is 7.62. The van der Waals surface area contributed by atoms with Crippen LogP contribution in [0.25, 0.3) is 0 Å². The van der Waals surface area contributed by atoms with Crippen molar-refractivity contribution in [2.75, 3.05) is 18.1 Å². The van der Waals surface area contributed by atoms with Crippen molar-refractivity contribution in [1.82, 2.24) is 14.7 Å². The zero-order valence-corrected chi connectivity index (χ0v) is 19.6. The molecule has 32 heavy (non-hydrogen) atoms. The highest BCUT2D eigenvalue weighted by Gasteiger charge is 2.39. The number of ether oxygens (including phenoxy) is 1. The summed E-state index contributed by atoms with van der Waals surface area (Å²) >= 11 is 0. The number of nitrogens with one attached hydrogen (secondary N) is 1. The molecule has 1 atom stereocenters. The fourth-order valence-corrected chi connectivity index (χ4v) is 5.39. The number of hydrogen-bond donors (Lipinski definition) is 1. The van der Waals surface area contributed by atoms with Crippen molar-refractivity contribution in [3.8, 4) is 5.88 Å². The minimum absolute atomic E-state index is 0.185. The number of anilines is 1. The van der Waals surface area contributed by atoms with Gasteiger partial charge >= 0.3 is 0 Å². The quantitative estimate of drug-likeness (QED) is 0.678. The number of pyridine rings is 2. The lowest BCUT2D eigenvalue weighted by Gasteiger charge is -2.33. The molecule has 0 aromatic carbocycles. The van der Waals surface area contributed by atoms with E-state index in [0.29, 0.717) is 24.3 Å². The number of carbonyl (C=O) groups is 1. The van der Waals surface area contributed by atoms with Crippen LogP contribution in [0.4, 0.5) is 5.82 Å². The van der Waals surface area contributed by atoms with E-state index >= 15 is 0 Å². The number of hydrogen-bond acceptors (Lipinski definition) is 7. The molecule has 172 valence electrons. The molecule has 9 heteroatoms. The van der Waals surface area contributed by atoms with Crippen LogP contribution in [0.15, 0.2) is 41.6 Å². The molecule has 1 saturated heterocycles. The molecule has 3 heterocycles. The zero-order valence-electron chi connectivity index (χ0n) is 18.7. The van der Waals surface area contributed by atoms with E-state index in [1.54, 1.807) is 30.5 Å². The Morgan fingerprint density at radius 3 is 2.69 bits per heavy atom. The smallest absolute Gasteiger partial charge is 0.281 e. The SMILES string of the molecule is CC1CN(c2ncccc2C(=O)NS(=O)(=O)c2cccc(OCC3CCC3)n2)C(C)(C)C1. The summed E-state index contributed by atoms with van der Waals surface area (Å²) < 4.78 is 33.6. The summed E-state index contributed by atoms with van der Waals surface area (Å²) in [7, 11) is -4.18.